The van der Waals surface area contributed by atoms with Gasteiger partial charge in [-0.1, -0.05) is 41.5 Å². The molecule has 0 aliphatic heterocycles. The number of hydrogen-bond acceptors (Lipinski definition) is 3. The van der Waals surface area contributed by atoms with Crippen molar-refractivity contribution in [3.63, 3.8) is 0 Å². The van der Waals surface area contributed by atoms with E-state index in [4.69, 9.17) is 8.85 Å². The highest BCUT2D eigenvalue weighted by Gasteiger charge is 2.44. The molecule has 2 atom stereocenters. The summed E-state index contributed by atoms with van der Waals surface area (Å²) in [4.78, 5) is 11.5. The number of carbonyl (C=O) groups is 1. The molecule has 0 heterocycles. The van der Waals surface area contributed by atoms with Crippen LogP contribution in [0.3, 0.4) is 0 Å². The van der Waals surface area contributed by atoms with Gasteiger partial charge in [0.25, 0.3) is 0 Å². The molecular weight excluding hydrogens is 332 g/mol. The van der Waals surface area contributed by atoms with Crippen molar-refractivity contribution in [3.8, 4) is 0 Å². The molecule has 0 N–H and O–H groups in total. The summed E-state index contributed by atoms with van der Waals surface area (Å²) >= 11 is 0. The summed E-state index contributed by atoms with van der Waals surface area (Å²) in [7, 11) is -3.64. The smallest absolute Gasteiger partial charge is 0.192 e. The summed E-state index contributed by atoms with van der Waals surface area (Å²) in [6, 6.07) is 0. The van der Waals surface area contributed by atoms with Gasteiger partial charge in [0.15, 0.2) is 16.6 Å². The summed E-state index contributed by atoms with van der Waals surface area (Å²) in [5.41, 5.74) is 0. The minimum Gasteiger partial charge on any atom is -0.414 e. The third-order valence-corrected chi connectivity index (χ3v) is 15.5. The van der Waals surface area contributed by atoms with Crippen LogP contribution in [0.4, 0.5) is 0 Å². The van der Waals surface area contributed by atoms with Crippen LogP contribution in [0.2, 0.25) is 36.3 Å². The van der Waals surface area contributed by atoms with E-state index in [0.717, 1.165) is 25.5 Å². The average molecular weight is 373 g/mol. The van der Waals surface area contributed by atoms with E-state index in [9.17, 15) is 4.79 Å². The fraction of sp³-hybridized carbons (Fsp3) is 0.947. The van der Waals surface area contributed by atoms with Gasteiger partial charge in [-0.3, -0.25) is 0 Å². The number of hydrogen-bond donors (Lipinski definition) is 0. The van der Waals surface area contributed by atoms with Crippen LogP contribution in [0, 0.1) is 5.92 Å². The molecule has 0 saturated heterocycles. The molecule has 0 unspecified atom stereocenters. The lowest BCUT2D eigenvalue weighted by Crippen LogP contribution is -2.50. The first-order chi connectivity index (χ1) is 10.6. The van der Waals surface area contributed by atoms with Crippen molar-refractivity contribution >= 4 is 22.9 Å². The van der Waals surface area contributed by atoms with E-state index in [-0.39, 0.29) is 28.2 Å². The van der Waals surface area contributed by atoms with Gasteiger partial charge in [-0.2, -0.15) is 0 Å². The molecule has 0 aromatic heterocycles. The molecule has 0 spiro atoms. The Kier molecular flexibility index (Phi) is 6.74. The second-order valence-electron chi connectivity index (χ2n) is 10.6. The molecule has 0 aromatic carbocycles. The maximum absolute atomic E-state index is 11.5. The first-order valence-corrected chi connectivity index (χ1v) is 15.2. The highest BCUT2D eigenvalue weighted by molar-refractivity contribution is 6.74. The van der Waals surface area contributed by atoms with Gasteiger partial charge in [0.1, 0.15) is 6.29 Å². The van der Waals surface area contributed by atoms with E-state index in [2.05, 4.69) is 67.7 Å². The molecule has 0 amide bonds. The van der Waals surface area contributed by atoms with Gasteiger partial charge in [0.2, 0.25) is 0 Å². The monoisotopic (exact) mass is 372 g/mol. The third kappa shape index (κ3) is 5.51. The van der Waals surface area contributed by atoms with E-state index in [0.29, 0.717) is 0 Å². The van der Waals surface area contributed by atoms with Crippen LogP contribution >= 0.6 is 0 Å². The molecular formula is C19H40O3Si2. The lowest BCUT2D eigenvalue weighted by molar-refractivity contribution is -0.114. The summed E-state index contributed by atoms with van der Waals surface area (Å²) in [6.07, 6.45) is 4.07. The standard InChI is InChI=1S/C19H40O3Si2/c1-18(2,3)23(7,8)21-16-11-15(14-20)12-17(13-16)22-24(9,10)19(4,5)6/h14-17H,11-13H2,1-10H3/t16-,17-/m1/s1. The van der Waals surface area contributed by atoms with Crippen LogP contribution in [-0.4, -0.2) is 35.1 Å². The normalized spacial score (nSPS) is 27.2. The third-order valence-electron chi connectivity index (χ3n) is 6.38. The van der Waals surface area contributed by atoms with Gasteiger partial charge >= 0.3 is 0 Å². The van der Waals surface area contributed by atoms with Gasteiger partial charge in [-0.25, -0.2) is 0 Å². The summed E-state index contributed by atoms with van der Waals surface area (Å²) in [6.45, 7) is 22.8. The molecule has 1 aliphatic carbocycles. The molecule has 1 fully saturated rings. The average Bonchev–Trinajstić information content (AvgIpc) is 2.34. The number of rotatable bonds is 5. The van der Waals surface area contributed by atoms with Crippen LogP contribution in [0.25, 0.3) is 0 Å². The highest BCUT2D eigenvalue weighted by Crippen LogP contribution is 2.42. The van der Waals surface area contributed by atoms with E-state index >= 15 is 0 Å². The van der Waals surface area contributed by atoms with Crippen LogP contribution in [-0.2, 0) is 13.6 Å². The largest absolute Gasteiger partial charge is 0.414 e. The van der Waals surface area contributed by atoms with Crippen molar-refractivity contribution < 1.29 is 13.6 Å². The highest BCUT2D eigenvalue weighted by atomic mass is 28.4. The maximum atomic E-state index is 11.5. The van der Waals surface area contributed by atoms with Crippen molar-refractivity contribution in [2.24, 2.45) is 5.92 Å². The first kappa shape index (κ1) is 22.1. The molecule has 1 saturated carbocycles. The van der Waals surface area contributed by atoms with Gasteiger partial charge in [0.05, 0.1) is 0 Å². The molecule has 0 radical (unpaired) electrons. The van der Waals surface area contributed by atoms with Gasteiger partial charge in [0, 0.05) is 18.1 Å². The second kappa shape index (κ2) is 7.33. The van der Waals surface area contributed by atoms with E-state index in [1.807, 2.05) is 0 Å². The number of aldehydes is 1. The SMILES string of the molecule is CC(C)(C)[Si](C)(C)O[C@@H]1CC(C=O)C[C@@H](O[Si](C)(C)C(C)(C)C)C1. The topological polar surface area (TPSA) is 35.5 Å². The zero-order chi connectivity index (χ0) is 19.0. The summed E-state index contributed by atoms with van der Waals surface area (Å²) < 4.78 is 13.2. The Bertz CT molecular complexity index is 397. The molecule has 24 heavy (non-hydrogen) atoms. The Hall–Kier alpha value is 0.0238. The fourth-order valence-electron chi connectivity index (χ4n) is 2.75. The molecule has 142 valence electrons. The molecule has 5 heteroatoms. The zero-order valence-electron chi connectivity index (χ0n) is 17.7. The van der Waals surface area contributed by atoms with Crippen LogP contribution in [0.1, 0.15) is 60.8 Å². The molecule has 0 aromatic rings. The van der Waals surface area contributed by atoms with Gasteiger partial charge in [-0.15, -0.1) is 0 Å². The van der Waals surface area contributed by atoms with Crippen molar-refractivity contribution in [1.82, 2.24) is 0 Å². The summed E-state index contributed by atoms with van der Waals surface area (Å²) in [5, 5.41) is 0.383. The molecule has 1 aliphatic rings. The predicted molar refractivity (Wildman–Crippen MR) is 108 cm³/mol. The Balaban J connectivity index is 2.86. The van der Waals surface area contributed by atoms with E-state index in [1.54, 1.807) is 0 Å². The van der Waals surface area contributed by atoms with E-state index < -0.39 is 16.6 Å². The maximum Gasteiger partial charge on any atom is 0.192 e. The van der Waals surface area contributed by atoms with Crippen LogP contribution in [0.5, 0.6) is 0 Å². The minimum absolute atomic E-state index is 0.0725. The van der Waals surface area contributed by atoms with E-state index in [1.165, 1.54) is 0 Å². The van der Waals surface area contributed by atoms with Crippen LogP contribution < -0.4 is 0 Å². The van der Waals surface area contributed by atoms with Crippen molar-refractivity contribution in [3.05, 3.63) is 0 Å². The molecule has 3 nitrogen and oxygen atoms in total. The Morgan fingerprint density at radius 2 is 1.08 bits per heavy atom. The predicted octanol–water partition coefficient (Wildman–Crippen LogP) is 5.77. The fourth-order valence-corrected chi connectivity index (χ4v) is 5.51. The molecule has 0 bridgehead atoms. The second-order valence-corrected chi connectivity index (χ2v) is 20.1. The van der Waals surface area contributed by atoms with Gasteiger partial charge < -0.3 is 13.6 Å². The number of carbonyl (C=O) groups excluding carboxylic acids is 1. The quantitative estimate of drug-likeness (QED) is 0.454. The van der Waals surface area contributed by atoms with Crippen molar-refractivity contribution in [2.75, 3.05) is 0 Å². The lowest BCUT2D eigenvalue weighted by Gasteiger charge is -2.45. The molecule has 1 rings (SSSR count). The summed E-state index contributed by atoms with van der Waals surface area (Å²) in [5.74, 6) is 0.0725. The van der Waals surface area contributed by atoms with Crippen molar-refractivity contribution in [2.45, 2.75) is 109 Å². The first-order valence-electron chi connectivity index (χ1n) is 9.40. The Labute approximate surface area is 152 Å². The Morgan fingerprint density at radius 1 is 0.750 bits per heavy atom. The zero-order valence-corrected chi connectivity index (χ0v) is 19.7. The van der Waals surface area contributed by atoms with Crippen LogP contribution in [0.15, 0.2) is 0 Å². The minimum atomic E-state index is -1.82. The van der Waals surface area contributed by atoms with Gasteiger partial charge in [-0.05, 0) is 55.5 Å². The lowest BCUT2D eigenvalue weighted by atomic mass is 9.86. The Morgan fingerprint density at radius 3 is 1.33 bits per heavy atom. The van der Waals surface area contributed by atoms with Crippen molar-refractivity contribution in [1.29, 1.82) is 0 Å².